The maximum atomic E-state index is 11.9. The number of aliphatic carboxylic acids is 2. The number of primary amides is 1. The number of ketones is 1. The minimum absolute atomic E-state index is 0.0190. The number of carboxylic acid groups (broad SMARTS) is 2. The van der Waals surface area contributed by atoms with Gasteiger partial charge in [0, 0.05) is 31.2 Å². The van der Waals surface area contributed by atoms with Crippen molar-refractivity contribution in [3.63, 3.8) is 0 Å². The summed E-state index contributed by atoms with van der Waals surface area (Å²) in [5.74, 6) is -2.11. The fraction of sp³-hybridized carbons (Fsp3) is 0.765. The molecular weight excluding hydrogens is 328 g/mol. The molecule has 0 saturated carbocycles. The lowest BCUT2D eigenvalue weighted by atomic mass is 9.97. The Kier molecular flexibility index (Phi) is 14.6. The number of carbonyl (C=O) groups is 4. The molecule has 0 bridgehead atoms. The highest BCUT2D eigenvalue weighted by Crippen LogP contribution is 2.07. The van der Waals surface area contributed by atoms with Gasteiger partial charge in [-0.15, -0.1) is 0 Å². The van der Waals surface area contributed by atoms with Crippen LogP contribution in [-0.2, 0) is 19.2 Å². The molecule has 0 fully saturated rings. The van der Waals surface area contributed by atoms with Crippen molar-refractivity contribution in [2.24, 2.45) is 11.7 Å². The molecular formula is C17H32N2O6. The zero-order valence-electron chi connectivity index (χ0n) is 15.6. The van der Waals surface area contributed by atoms with Crippen LogP contribution >= 0.6 is 0 Å². The average Bonchev–Trinajstić information content (AvgIpc) is 2.49. The lowest BCUT2D eigenvalue weighted by Gasteiger charge is -2.22. The van der Waals surface area contributed by atoms with Gasteiger partial charge in [0.15, 0.2) is 5.78 Å². The van der Waals surface area contributed by atoms with E-state index in [1.54, 1.807) is 0 Å². The van der Waals surface area contributed by atoms with Gasteiger partial charge in [-0.2, -0.15) is 0 Å². The van der Waals surface area contributed by atoms with Crippen LogP contribution in [0.5, 0.6) is 0 Å². The highest BCUT2D eigenvalue weighted by Gasteiger charge is 2.22. The molecule has 8 heteroatoms. The lowest BCUT2D eigenvalue weighted by Crippen LogP contribution is -2.44. The zero-order valence-corrected chi connectivity index (χ0v) is 15.6. The number of carboxylic acids is 2. The Morgan fingerprint density at radius 2 is 1.44 bits per heavy atom. The highest BCUT2D eigenvalue weighted by molar-refractivity contribution is 5.86. The molecule has 146 valence electrons. The van der Waals surface area contributed by atoms with E-state index in [1.165, 1.54) is 0 Å². The zero-order chi connectivity index (χ0) is 20.0. The van der Waals surface area contributed by atoms with Crippen molar-refractivity contribution in [3.05, 3.63) is 0 Å². The predicted octanol–water partition coefficient (Wildman–Crippen LogP) is 1.56. The molecule has 2 atom stereocenters. The van der Waals surface area contributed by atoms with Crippen molar-refractivity contribution in [2.45, 2.75) is 78.3 Å². The number of hydrogen-bond acceptors (Lipinski definition) is 5. The van der Waals surface area contributed by atoms with E-state index in [-0.39, 0.29) is 55.4 Å². The van der Waals surface area contributed by atoms with Crippen LogP contribution in [0.15, 0.2) is 0 Å². The van der Waals surface area contributed by atoms with Crippen LogP contribution in [0.4, 0.5) is 0 Å². The first-order valence-electron chi connectivity index (χ1n) is 8.52. The van der Waals surface area contributed by atoms with E-state index in [9.17, 15) is 19.2 Å². The van der Waals surface area contributed by atoms with E-state index in [2.05, 4.69) is 12.2 Å². The summed E-state index contributed by atoms with van der Waals surface area (Å²) in [6.45, 7) is 7.84. The van der Waals surface area contributed by atoms with Crippen molar-refractivity contribution >= 4 is 23.6 Å². The summed E-state index contributed by atoms with van der Waals surface area (Å²) in [6.07, 6.45) is 1.80. The van der Waals surface area contributed by atoms with Gasteiger partial charge in [-0.05, 0) is 26.2 Å². The minimum Gasteiger partial charge on any atom is -0.481 e. The van der Waals surface area contributed by atoms with E-state index in [1.807, 2.05) is 20.8 Å². The third-order valence-electron chi connectivity index (χ3n) is 3.47. The Balaban J connectivity index is 0. The third kappa shape index (κ3) is 16.7. The topological polar surface area (TPSA) is 147 Å². The van der Waals surface area contributed by atoms with E-state index < -0.39 is 11.9 Å². The van der Waals surface area contributed by atoms with Crippen LogP contribution in [0, 0.1) is 5.92 Å². The number of nitrogens with two attached hydrogens (primary N) is 1. The third-order valence-corrected chi connectivity index (χ3v) is 3.47. The van der Waals surface area contributed by atoms with Crippen LogP contribution < -0.4 is 11.1 Å². The molecule has 1 amide bonds. The summed E-state index contributed by atoms with van der Waals surface area (Å²) in [4.78, 5) is 42.2. The number of nitrogens with one attached hydrogen (secondary N) is 1. The maximum Gasteiger partial charge on any atom is 0.303 e. The quantitative estimate of drug-likeness (QED) is 0.413. The van der Waals surface area contributed by atoms with Gasteiger partial charge >= 0.3 is 11.9 Å². The molecule has 0 aliphatic carbocycles. The molecule has 5 N–H and O–H groups in total. The minimum atomic E-state index is -0.948. The first-order chi connectivity index (χ1) is 11.5. The standard InChI is InChI=1S/C12H24N2O2.C5H8O4/c1-5-9(4)14-10(6-7-11(13)15)12(16)8(2)3;6-4(7)2-1-3-5(8)9/h8-10,14H,5-7H2,1-4H3,(H2,13,15);1-3H2,(H,6,7)(H,8,9). The van der Waals surface area contributed by atoms with E-state index >= 15 is 0 Å². The van der Waals surface area contributed by atoms with Crippen LogP contribution in [0.1, 0.15) is 66.2 Å². The number of amides is 1. The van der Waals surface area contributed by atoms with E-state index in [4.69, 9.17) is 15.9 Å². The number of carbonyl (C=O) groups excluding carboxylic acids is 2. The van der Waals surface area contributed by atoms with Crippen LogP contribution in [0.2, 0.25) is 0 Å². The largest absolute Gasteiger partial charge is 0.481 e. The average molecular weight is 360 g/mol. The lowest BCUT2D eigenvalue weighted by molar-refractivity contribution is -0.138. The Hall–Kier alpha value is -1.96. The molecule has 0 aromatic rings. The summed E-state index contributed by atoms with van der Waals surface area (Å²) in [5.41, 5.74) is 5.10. The molecule has 2 unspecified atom stereocenters. The highest BCUT2D eigenvalue weighted by atomic mass is 16.4. The van der Waals surface area contributed by atoms with Gasteiger partial charge in [0.05, 0.1) is 6.04 Å². The first kappa shape index (κ1) is 25.3. The first-order valence-corrected chi connectivity index (χ1v) is 8.52. The molecule has 0 saturated heterocycles. The van der Waals surface area contributed by atoms with Crippen molar-refractivity contribution in [1.82, 2.24) is 5.32 Å². The van der Waals surface area contributed by atoms with Gasteiger partial charge in [0.25, 0.3) is 0 Å². The molecule has 0 aliphatic heterocycles. The second-order valence-corrected chi connectivity index (χ2v) is 6.23. The molecule has 0 aromatic carbocycles. The Morgan fingerprint density at radius 3 is 1.76 bits per heavy atom. The Morgan fingerprint density at radius 1 is 0.960 bits per heavy atom. The van der Waals surface area contributed by atoms with Gasteiger partial charge in [0.2, 0.25) is 5.91 Å². The summed E-state index contributed by atoms with van der Waals surface area (Å²) >= 11 is 0. The van der Waals surface area contributed by atoms with Crippen molar-refractivity contribution in [1.29, 1.82) is 0 Å². The van der Waals surface area contributed by atoms with Gasteiger partial charge in [0.1, 0.15) is 0 Å². The molecule has 8 nitrogen and oxygen atoms in total. The van der Waals surface area contributed by atoms with Crippen LogP contribution in [-0.4, -0.2) is 45.9 Å². The summed E-state index contributed by atoms with van der Waals surface area (Å²) in [6, 6.07) is 0.0306. The number of Topliss-reactive ketones (excluding diaryl/α,β-unsaturated/α-hetero) is 1. The molecule has 0 aliphatic rings. The smallest absolute Gasteiger partial charge is 0.303 e. The molecule has 0 rings (SSSR count). The normalized spacial score (nSPS) is 12.7. The molecule has 0 aromatic heterocycles. The van der Waals surface area contributed by atoms with Gasteiger partial charge in [-0.1, -0.05) is 20.8 Å². The second kappa shape index (κ2) is 14.4. The van der Waals surface area contributed by atoms with Crippen molar-refractivity contribution in [3.8, 4) is 0 Å². The van der Waals surface area contributed by atoms with E-state index in [0.717, 1.165) is 6.42 Å². The summed E-state index contributed by atoms with van der Waals surface area (Å²) in [5, 5.41) is 19.3. The van der Waals surface area contributed by atoms with E-state index in [0.29, 0.717) is 6.42 Å². The maximum absolute atomic E-state index is 11.9. The summed E-state index contributed by atoms with van der Waals surface area (Å²) in [7, 11) is 0. The fourth-order valence-corrected chi connectivity index (χ4v) is 1.85. The predicted molar refractivity (Wildman–Crippen MR) is 94.1 cm³/mol. The van der Waals surface area contributed by atoms with Crippen molar-refractivity contribution < 1.29 is 29.4 Å². The molecule has 0 radical (unpaired) electrons. The Bertz CT molecular complexity index is 423. The Labute approximate surface area is 149 Å². The second-order valence-electron chi connectivity index (χ2n) is 6.23. The SMILES string of the molecule is CCC(C)NC(CCC(N)=O)C(=O)C(C)C.O=C(O)CCCC(=O)O. The number of hydrogen-bond donors (Lipinski definition) is 4. The summed E-state index contributed by atoms with van der Waals surface area (Å²) < 4.78 is 0. The van der Waals surface area contributed by atoms with Crippen LogP contribution in [0.25, 0.3) is 0 Å². The van der Waals surface area contributed by atoms with Crippen LogP contribution in [0.3, 0.4) is 0 Å². The van der Waals surface area contributed by atoms with Gasteiger partial charge in [-0.25, -0.2) is 0 Å². The monoisotopic (exact) mass is 360 g/mol. The fourth-order valence-electron chi connectivity index (χ4n) is 1.85. The van der Waals surface area contributed by atoms with Crippen molar-refractivity contribution in [2.75, 3.05) is 0 Å². The van der Waals surface area contributed by atoms with Gasteiger partial charge < -0.3 is 21.3 Å². The molecule has 0 spiro atoms. The molecule has 0 heterocycles. The van der Waals surface area contributed by atoms with Gasteiger partial charge in [-0.3, -0.25) is 19.2 Å². The molecule has 25 heavy (non-hydrogen) atoms. The number of rotatable bonds is 12.